The Balaban J connectivity index is 1.44. The number of thiazole rings is 1. The third-order valence-corrected chi connectivity index (χ3v) is 5.89. The Bertz CT molecular complexity index is 723. The number of carbonyl (C=O) groups excluding carboxylic acids is 1. The van der Waals surface area contributed by atoms with Gasteiger partial charge in [-0.2, -0.15) is 0 Å². The molecule has 1 saturated heterocycles. The summed E-state index contributed by atoms with van der Waals surface area (Å²) in [5.41, 5.74) is 2.02. The van der Waals surface area contributed by atoms with Crippen molar-refractivity contribution in [3.8, 4) is 17.0 Å². The van der Waals surface area contributed by atoms with Gasteiger partial charge in [-0.1, -0.05) is 0 Å². The Morgan fingerprint density at radius 2 is 2.15 bits per heavy atom. The van der Waals surface area contributed by atoms with Crippen molar-refractivity contribution in [2.24, 2.45) is 0 Å². The van der Waals surface area contributed by atoms with E-state index in [-0.39, 0.29) is 5.91 Å². The quantitative estimate of drug-likeness (QED) is 0.681. The standard InChI is InChI=1S/C21H28N2O3S/c1-23(13-12-18-5-3-4-14-26-18)21(24)11-10-20-22-19(15-27-20)16-6-8-17(25-2)9-7-16/h6-9,15,18H,3-5,10-14H2,1-2H3. The van der Waals surface area contributed by atoms with Gasteiger partial charge in [0.05, 0.1) is 23.9 Å². The van der Waals surface area contributed by atoms with Gasteiger partial charge in [0.25, 0.3) is 0 Å². The third-order valence-electron chi connectivity index (χ3n) is 4.98. The maximum Gasteiger partial charge on any atom is 0.222 e. The Kier molecular flexibility index (Phi) is 7.24. The average Bonchev–Trinajstić information content (AvgIpc) is 3.20. The molecule has 0 bridgehead atoms. The van der Waals surface area contributed by atoms with Gasteiger partial charge >= 0.3 is 0 Å². The summed E-state index contributed by atoms with van der Waals surface area (Å²) >= 11 is 1.61. The number of hydrogen-bond acceptors (Lipinski definition) is 5. The van der Waals surface area contributed by atoms with E-state index in [4.69, 9.17) is 9.47 Å². The molecule has 6 heteroatoms. The minimum absolute atomic E-state index is 0.173. The summed E-state index contributed by atoms with van der Waals surface area (Å²) in [5, 5.41) is 3.05. The van der Waals surface area contributed by atoms with Crippen molar-refractivity contribution in [3.63, 3.8) is 0 Å². The molecule has 1 atom stereocenters. The predicted molar refractivity (Wildman–Crippen MR) is 108 cm³/mol. The first kappa shape index (κ1) is 19.8. The zero-order valence-corrected chi connectivity index (χ0v) is 17.0. The van der Waals surface area contributed by atoms with E-state index in [2.05, 4.69) is 4.98 Å². The lowest BCUT2D eigenvalue weighted by Crippen LogP contribution is -2.31. The highest BCUT2D eigenvalue weighted by molar-refractivity contribution is 7.09. The fourth-order valence-electron chi connectivity index (χ4n) is 3.22. The number of hydrogen-bond donors (Lipinski definition) is 0. The summed E-state index contributed by atoms with van der Waals surface area (Å²) in [5.74, 6) is 1.01. The first-order valence-electron chi connectivity index (χ1n) is 9.60. The van der Waals surface area contributed by atoms with Crippen LogP contribution in [0.1, 0.15) is 37.1 Å². The molecule has 2 heterocycles. The van der Waals surface area contributed by atoms with Crippen LogP contribution in [0.15, 0.2) is 29.6 Å². The molecule has 0 N–H and O–H groups in total. The number of amides is 1. The summed E-state index contributed by atoms with van der Waals surface area (Å²) in [7, 11) is 3.54. The van der Waals surface area contributed by atoms with Crippen LogP contribution in [-0.4, -0.2) is 49.2 Å². The number of rotatable bonds is 8. The van der Waals surface area contributed by atoms with E-state index in [1.165, 1.54) is 6.42 Å². The molecule has 2 aromatic rings. The van der Waals surface area contributed by atoms with E-state index in [0.29, 0.717) is 18.9 Å². The van der Waals surface area contributed by atoms with E-state index < -0.39 is 0 Å². The second kappa shape index (κ2) is 9.85. The highest BCUT2D eigenvalue weighted by atomic mass is 32.1. The van der Waals surface area contributed by atoms with Crippen molar-refractivity contribution in [2.75, 3.05) is 27.3 Å². The lowest BCUT2D eigenvalue weighted by atomic mass is 10.1. The first-order valence-corrected chi connectivity index (χ1v) is 10.5. The molecule has 1 fully saturated rings. The van der Waals surface area contributed by atoms with Gasteiger partial charge in [-0.25, -0.2) is 4.98 Å². The molecular formula is C21H28N2O3S. The topological polar surface area (TPSA) is 51.7 Å². The molecule has 1 aliphatic rings. The SMILES string of the molecule is COc1ccc(-c2csc(CCC(=O)N(C)CCC3CCCCO3)n2)cc1. The zero-order valence-electron chi connectivity index (χ0n) is 16.1. The highest BCUT2D eigenvalue weighted by Crippen LogP contribution is 2.25. The second-order valence-corrected chi connectivity index (χ2v) is 7.89. The van der Waals surface area contributed by atoms with Crippen LogP contribution in [0.2, 0.25) is 0 Å². The van der Waals surface area contributed by atoms with E-state index in [1.54, 1.807) is 18.4 Å². The van der Waals surface area contributed by atoms with E-state index in [9.17, 15) is 4.79 Å². The van der Waals surface area contributed by atoms with Crippen LogP contribution in [0.4, 0.5) is 0 Å². The number of methoxy groups -OCH3 is 1. The summed E-state index contributed by atoms with van der Waals surface area (Å²) in [6.07, 6.45) is 5.96. The molecule has 0 spiro atoms. The molecule has 0 saturated carbocycles. The van der Waals surface area contributed by atoms with Crippen LogP contribution in [0.3, 0.4) is 0 Å². The zero-order chi connectivity index (χ0) is 19.1. The van der Waals surface area contributed by atoms with Crippen LogP contribution in [0.25, 0.3) is 11.3 Å². The third kappa shape index (κ3) is 5.78. The fourth-order valence-corrected chi connectivity index (χ4v) is 4.03. The molecule has 0 radical (unpaired) electrons. The Hall–Kier alpha value is -1.92. The van der Waals surface area contributed by atoms with E-state index in [0.717, 1.165) is 54.4 Å². The van der Waals surface area contributed by atoms with Crippen LogP contribution in [0, 0.1) is 0 Å². The van der Waals surface area contributed by atoms with Gasteiger partial charge in [-0.05, 0) is 49.9 Å². The largest absolute Gasteiger partial charge is 0.497 e. The van der Waals surface area contributed by atoms with Crippen molar-refractivity contribution >= 4 is 17.2 Å². The molecule has 1 unspecified atom stereocenters. The summed E-state index contributed by atoms with van der Waals surface area (Å²) in [4.78, 5) is 18.9. The minimum atomic E-state index is 0.173. The Morgan fingerprint density at radius 3 is 2.85 bits per heavy atom. The molecule has 1 aliphatic heterocycles. The van der Waals surface area contributed by atoms with Crippen molar-refractivity contribution in [1.29, 1.82) is 0 Å². The smallest absolute Gasteiger partial charge is 0.222 e. The fraction of sp³-hybridized carbons (Fsp3) is 0.524. The minimum Gasteiger partial charge on any atom is -0.497 e. The molecule has 146 valence electrons. The van der Waals surface area contributed by atoms with Gasteiger partial charge in [-0.3, -0.25) is 4.79 Å². The van der Waals surface area contributed by atoms with Crippen LogP contribution < -0.4 is 4.74 Å². The van der Waals surface area contributed by atoms with E-state index >= 15 is 0 Å². The number of aromatic nitrogens is 1. The van der Waals surface area contributed by atoms with Gasteiger partial charge < -0.3 is 14.4 Å². The number of nitrogens with zero attached hydrogens (tertiary/aromatic N) is 2. The van der Waals surface area contributed by atoms with Crippen molar-refractivity contribution in [3.05, 3.63) is 34.7 Å². The number of carbonyl (C=O) groups is 1. The molecule has 1 aromatic carbocycles. The molecular weight excluding hydrogens is 360 g/mol. The van der Waals surface area contributed by atoms with Crippen molar-refractivity contribution in [2.45, 2.75) is 44.6 Å². The van der Waals surface area contributed by atoms with Crippen LogP contribution in [0.5, 0.6) is 5.75 Å². The summed E-state index contributed by atoms with van der Waals surface area (Å²) < 4.78 is 10.9. The number of ether oxygens (including phenoxy) is 2. The molecule has 27 heavy (non-hydrogen) atoms. The van der Waals surface area contributed by atoms with Gasteiger partial charge in [0, 0.05) is 44.0 Å². The molecule has 5 nitrogen and oxygen atoms in total. The van der Waals surface area contributed by atoms with Crippen molar-refractivity contribution in [1.82, 2.24) is 9.88 Å². The Morgan fingerprint density at radius 1 is 1.33 bits per heavy atom. The normalized spacial score (nSPS) is 16.9. The monoisotopic (exact) mass is 388 g/mol. The van der Waals surface area contributed by atoms with Gasteiger partial charge in [0.2, 0.25) is 5.91 Å². The van der Waals surface area contributed by atoms with E-state index in [1.807, 2.05) is 41.6 Å². The van der Waals surface area contributed by atoms with Gasteiger partial charge in [0.1, 0.15) is 5.75 Å². The first-order chi connectivity index (χ1) is 13.2. The molecule has 1 aromatic heterocycles. The number of benzene rings is 1. The maximum atomic E-state index is 12.4. The summed E-state index contributed by atoms with van der Waals surface area (Å²) in [6.45, 7) is 1.63. The lowest BCUT2D eigenvalue weighted by molar-refractivity contribution is -0.130. The summed E-state index contributed by atoms with van der Waals surface area (Å²) in [6, 6.07) is 7.87. The maximum absolute atomic E-state index is 12.4. The Labute approximate surface area is 165 Å². The predicted octanol–water partition coefficient (Wildman–Crippen LogP) is 4.17. The lowest BCUT2D eigenvalue weighted by Gasteiger charge is -2.25. The van der Waals surface area contributed by atoms with Crippen molar-refractivity contribution < 1.29 is 14.3 Å². The van der Waals surface area contributed by atoms with Crippen LogP contribution >= 0.6 is 11.3 Å². The highest BCUT2D eigenvalue weighted by Gasteiger charge is 2.16. The number of aryl methyl sites for hydroxylation is 1. The van der Waals surface area contributed by atoms with Crippen LogP contribution in [-0.2, 0) is 16.0 Å². The van der Waals surface area contributed by atoms with Gasteiger partial charge in [-0.15, -0.1) is 11.3 Å². The molecule has 0 aliphatic carbocycles. The average molecular weight is 389 g/mol. The second-order valence-electron chi connectivity index (χ2n) is 6.95. The van der Waals surface area contributed by atoms with Gasteiger partial charge in [0.15, 0.2) is 0 Å². The molecule has 3 rings (SSSR count). The molecule has 1 amide bonds.